The van der Waals surface area contributed by atoms with Gasteiger partial charge in [-0.2, -0.15) is 12.6 Å². The van der Waals surface area contributed by atoms with E-state index in [4.69, 9.17) is 5.11 Å². The highest BCUT2D eigenvalue weighted by Crippen LogP contribution is 2.20. The molecule has 0 spiro atoms. The predicted molar refractivity (Wildman–Crippen MR) is 200 cm³/mol. The van der Waals surface area contributed by atoms with Crippen LogP contribution < -0.4 is 31.9 Å². The van der Waals surface area contributed by atoms with Gasteiger partial charge in [0.25, 0.3) is 0 Å². The second-order valence-electron chi connectivity index (χ2n) is 13.5. The summed E-state index contributed by atoms with van der Waals surface area (Å²) in [7, 11) is 0. The molecule has 2 aromatic rings. The van der Waals surface area contributed by atoms with Crippen LogP contribution in [0.25, 0.3) is 10.9 Å². The van der Waals surface area contributed by atoms with Crippen LogP contribution in [0.1, 0.15) is 73.3 Å². The Hall–Kier alpha value is -4.60. The first-order chi connectivity index (χ1) is 24.5. The average molecular weight is 746 g/mol. The Balaban J connectivity index is 2.38. The van der Waals surface area contributed by atoms with Gasteiger partial charge in [-0.05, 0) is 29.4 Å². The molecule has 2 unspecified atom stereocenters. The van der Waals surface area contributed by atoms with E-state index in [1.54, 1.807) is 27.0 Å². The maximum Gasteiger partial charge on any atom is 0.305 e. The molecule has 1 aromatic heterocycles. The van der Waals surface area contributed by atoms with Crippen LogP contribution in [-0.2, 0) is 40.0 Å². The van der Waals surface area contributed by atoms with E-state index in [0.29, 0.717) is 18.4 Å². The van der Waals surface area contributed by atoms with E-state index < -0.39 is 65.7 Å². The molecule has 6 amide bonds. The maximum atomic E-state index is 14.0. The Morgan fingerprint density at radius 3 is 1.83 bits per heavy atom. The number of H-pyrrole nitrogens is 1. The molecule has 0 fully saturated rings. The van der Waals surface area contributed by atoms with Crippen molar-refractivity contribution < 1.29 is 38.7 Å². The van der Waals surface area contributed by atoms with Gasteiger partial charge in [0.1, 0.15) is 30.2 Å². The number of amides is 6. The number of aromatic nitrogens is 1. The number of aliphatic carboxylic acids is 1. The number of fused-ring (bicyclic) bond motifs is 1. The number of aromatic amines is 1. The van der Waals surface area contributed by atoms with Gasteiger partial charge in [-0.25, -0.2) is 0 Å². The highest BCUT2D eigenvalue weighted by molar-refractivity contribution is 7.80. The third-order valence-electron chi connectivity index (χ3n) is 9.08. The summed E-state index contributed by atoms with van der Waals surface area (Å²) >= 11 is 4.28. The van der Waals surface area contributed by atoms with Gasteiger partial charge in [0.2, 0.25) is 35.4 Å². The summed E-state index contributed by atoms with van der Waals surface area (Å²) in [6, 6.07) is 2.03. The molecule has 0 aliphatic heterocycles. The lowest BCUT2D eigenvalue weighted by molar-refractivity contribution is -0.137. The van der Waals surface area contributed by atoms with Crippen molar-refractivity contribution in [2.24, 2.45) is 17.8 Å². The van der Waals surface area contributed by atoms with Crippen LogP contribution in [0.3, 0.4) is 0 Å². The number of para-hydroxylation sites is 1. The lowest BCUT2D eigenvalue weighted by Crippen LogP contribution is -2.61. The third kappa shape index (κ3) is 12.9. The van der Waals surface area contributed by atoms with Crippen molar-refractivity contribution >= 4 is 64.9 Å². The SMILES string of the molecule is CCC(C)[C@H](NC(C)=O)C(=O)N[C@H](C(=O)N[C@@H](Cc1c[nH]c2ccccc12)C(=O)N[C@@H](CS)C(=O)N[C@H](C(=O)NCCC(=O)O)C(C)C)C(C)CC. The van der Waals surface area contributed by atoms with Gasteiger partial charge in [0, 0.05) is 42.7 Å². The molecule has 0 bridgehead atoms. The van der Waals surface area contributed by atoms with Crippen molar-refractivity contribution in [3.63, 3.8) is 0 Å². The summed E-state index contributed by atoms with van der Waals surface area (Å²) < 4.78 is 0. The van der Waals surface area contributed by atoms with Crippen molar-refractivity contribution in [3.8, 4) is 0 Å². The Bertz CT molecular complexity index is 1560. The Labute approximate surface area is 310 Å². The summed E-state index contributed by atoms with van der Waals surface area (Å²) in [5.74, 6) is -5.72. The molecule has 288 valence electrons. The molecule has 0 radical (unpaired) electrons. The minimum Gasteiger partial charge on any atom is -0.481 e. The van der Waals surface area contributed by atoms with E-state index in [1.807, 2.05) is 45.0 Å². The van der Waals surface area contributed by atoms with Crippen molar-refractivity contribution in [2.75, 3.05) is 12.3 Å². The number of thiol groups is 1. The maximum absolute atomic E-state index is 14.0. The molecule has 0 saturated carbocycles. The lowest BCUT2D eigenvalue weighted by atomic mass is 9.94. The van der Waals surface area contributed by atoms with Crippen LogP contribution in [0.2, 0.25) is 0 Å². The van der Waals surface area contributed by atoms with Crippen molar-refractivity contribution in [1.82, 2.24) is 36.9 Å². The minimum absolute atomic E-state index is 0.0195. The van der Waals surface area contributed by atoms with Crippen LogP contribution in [0.5, 0.6) is 0 Å². The smallest absolute Gasteiger partial charge is 0.305 e. The zero-order valence-corrected chi connectivity index (χ0v) is 31.9. The summed E-state index contributed by atoms with van der Waals surface area (Å²) in [5.41, 5.74) is 1.53. The first-order valence-corrected chi connectivity index (χ1v) is 18.3. The number of carboxylic acids is 1. The van der Waals surface area contributed by atoms with Gasteiger partial charge in [0.05, 0.1) is 6.42 Å². The van der Waals surface area contributed by atoms with Gasteiger partial charge < -0.3 is 42.0 Å². The second kappa shape index (κ2) is 21.1. The molecule has 52 heavy (non-hydrogen) atoms. The van der Waals surface area contributed by atoms with E-state index >= 15 is 0 Å². The quantitative estimate of drug-likeness (QED) is 0.0848. The summed E-state index contributed by atoms with van der Waals surface area (Å²) in [6.07, 6.45) is 2.56. The van der Waals surface area contributed by atoms with E-state index in [9.17, 15) is 33.6 Å². The molecular formula is C36H55N7O8S. The zero-order valence-electron chi connectivity index (χ0n) is 31.0. The van der Waals surface area contributed by atoms with Gasteiger partial charge in [-0.1, -0.05) is 72.6 Å². The fraction of sp³-hybridized carbons (Fsp3) is 0.583. The first kappa shape index (κ1) is 43.6. The summed E-state index contributed by atoms with van der Waals surface area (Å²) in [4.78, 5) is 93.6. The molecule has 2 rings (SSSR count). The number of hydrogen-bond acceptors (Lipinski definition) is 8. The standard InChI is InChI=1S/C36H55N7O8S/c1-8-20(5)30(39-22(7)44)36(51)43-31(21(6)9-2)35(50)40-26(16-23-17-38-25-13-11-10-12-24(23)25)32(47)41-27(18-52)33(48)42-29(19(3)4)34(49)37-15-14-28(45)46/h10-13,17,19-21,26-27,29-31,38,52H,8-9,14-16,18H2,1-7H3,(H,37,49)(H,39,44)(H,40,50)(H,41,47)(H,42,48)(H,43,51)(H,45,46)/t20?,21?,26-,27-,29-,30-,31-/m0/s1. The highest BCUT2D eigenvalue weighted by atomic mass is 32.1. The van der Waals surface area contributed by atoms with Gasteiger partial charge in [0.15, 0.2) is 0 Å². The first-order valence-electron chi connectivity index (χ1n) is 17.7. The Morgan fingerprint density at radius 2 is 1.27 bits per heavy atom. The topological polar surface area (TPSA) is 228 Å². The van der Waals surface area contributed by atoms with Crippen LogP contribution in [-0.4, -0.2) is 94.0 Å². The third-order valence-corrected chi connectivity index (χ3v) is 9.45. The summed E-state index contributed by atoms with van der Waals surface area (Å²) in [5, 5.41) is 25.8. The number of carbonyl (C=O) groups is 7. The van der Waals surface area contributed by atoms with E-state index in [0.717, 1.165) is 10.9 Å². The molecule has 1 aromatic carbocycles. The molecule has 8 N–H and O–H groups in total. The number of carbonyl (C=O) groups excluding carboxylic acids is 6. The van der Waals surface area contributed by atoms with E-state index in [2.05, 4.69) is 49.5 Å². The largest absolute Gasteiger partial charge is 0.481 e. The fourth-order valence-electron chi connectivity index (χ4n) is 5.51. The summed E-state index contributed by atoms with van der Waals surface area (Å²) in [6.45, 7) is 12.0. The number of hydrogen-bond donors (Lipinski definition) is 9. The molecule has 0 aliphatic carbocycles. The predicted octanol–water partition coefficient (Wildman–Crippen LogP) is 1.42. The zero-order chi connectivity index (χ0) is 39.1. The Kier molecular flexibility index (Phi) is 17.6. The van der Waals surface area contributed by atoms with Crippen molar-refractivity contribution in [3.05, 3.63) is 36.0 Å². The van der Waals surface area contributed by atoms with Gasteiger partial charge in [-0.3, -0.25) is 33.6 Å². The van der Waals surface area contributed by atoms with Crippen LogP contribution in [0.15, 0.2) is 30.5 Å². The molecule has 0 saturated heterocycles. The van der Waals surface area contributed by atoms with Crippen molar-refractivity contribution in [2.45, 2.75) is 104 Å². The molecule has 1 heterocycles. The molecule has 15 nitrogen and oxygen atoms in total. The fourth-order valence-corrected chi connectivity index (χ4v) is 5.77. The van der Waals surface area contributed by atoms with Crippen molar-refractivity contribution in [1.29, 1.82) is 0 Å². The number of rotatable bonds is 21. The normalized spacial score (nSPS) is 15.2. The lowest BCUT2D eigenvalue weighted by Gasteiger charge is -2.30. The van der Waals surface area contributed by atoms with Crippen LogP contribution in [0.4, 0.5) is 0 Å². The van der Waals surface area contributed by atoms with E-state index in [-0.39, 0.29) is 48.8 Å². The second-order valence-corrected chi connectivity index (χ2v) is 13.8. The molecular weight excluding hydrogens is 691 g/mol. The van der Waals surface area contributed by atoms with Crippen LogP contribution in [0, 0.1) is 17.8 Å². The molecule has 7 atom stereocenters. The molecule has 0 aliphatic rings. The monoisotopic (exact) mass is 745 g/mol. The van der Waals surface area contributed by atoms with Gasteiger partial charge in [-0.15, -0.1) is 0 Å². The molecule has 16 heteroatoms. The number of benzene rings is 1. The minimum atomic E-state index is -1.22. The van der Waals surface area contributed by atoms with Crippen LogP contribution >= 0.6 is 12.6 Å². The van der Waals surface area contributed by atoms with Gasteiger partial charge >= 0.3 is 5.97 Å². The average Bonchev–Trinajstić information content (AvgIpc) is 3.51. The number of nitrogens with one attached hydrogen (secondary N) is 7. The van der Waals surface area contributed by atoms with E-state index in [1.165, 1.54) is 6.92 Å². The number of carboxylic acid groups (broad SMARTS) is 1. The highest BCUT2D eigenvalue weighted by Gasteiger charge is 2.35. The Morgan fingerprint density at radius 1 is 0.731 bits per heavy atom.